The normalized spacial score (nSPS) is 11.4. The van der Waals surface area contributed by atoms with Crippen LogP contribution < -0.4 is 5.32 Å². The second-order valence-electron chi connectivity index (χ2n) is 5.89. The molecule has 2 aromatic carbocycles. The third-order valence-corrected chi connectivity index (χ3v) is 4.82. The number of carbonyl (C=O) groups excluding carboxylic acids is 1. The molecule has 8 heteroatoms. The van der Waals surface area contributed by atoms with Crippen LogP contribution in [0.2, 0.25) is 0 Å². The van der Waals surface area contributed by atoms with Crippen LogP contribution >= 0.6 is 11.3 Å². The fraction of sp³-hybridized carbons (Fsp3) is 0.158. The van der Waals surface area contributed by atoms with Crippen LogP contribution in [0.3, 0.4) is 0 Å². The molecule has 0 bridgehead atoms. The third-order valence-electron chi connectivity index (χ3n) is 3.85. The van der Waals surface area contributed by atoms with Crippen LogP contribution in [0.4, 0.5) is 10.8 Å². The predicted molar refractivity (Wildman–Crippen MR) is 106 cm³/mol. The maximum Gasteiger partial charge on any atom is 0.337 e. The number of fused-ring (bicyclic) bond motifs is 1. The third kappa shape index (κ3) is 4.48. The monoisotopic (exact) mass is 383 g/mol. The number of hydrogen-bond donors (Lipinski definition) is 1. The van der Waals surface area contributed by atoms with Crippen molar-refractivity contribution in [3.8, 4) is 0 Å². The number of nitro benzene ring substituents is 1. The topological polar surface area (TPSA) is 94.4 Å². The number of non-ortho nitro benzene ring substituents is 1. The van der Waals surface area contributed by atoms with E-state index in [4.69, 9.17) is 0 Å². The number of aromatic nitrogens is 1. The smallest absolute Gasteiger partial charge is 0.337 e. The molecule has 0 fully saturated rings. The highest BCUT2D eigenvalue weighted by Crippen LogP contribution is 2.29. The van der Waals surface area contributed by atoms with E-state index in [1.54, 1.807) is 18.2 Å². The Morgan fingerprint density at radius 1 is 1.30 bits per heavy atom. The van der Waals surface area contributed by atoms with Gasteiger partial charge in [0.1, 0.15) is 0 Å². The minimum atomic E-state index is -0.412. The fourth-order valence-corrected chi connectivity index (χ4v) is 3.38. The maximum atomic E-state index is 11.4. The number of benzene rings is 2. The molecule has 1 N–H and O–H groups in total. The Morgan fingerprint density at radius 2 is 2.04 bits per heavy atom. The van der Waals surface area contributed by atoms with Crippen molar-refractivity contribution >= 4 is 44.4 Å². The molecule has 0 atom stereocenters. The first-order valence-corrected chi connectivity index (χ1v) is 8.92. The molecule has 0 aliphatic carbocycles. The summed E-state index contributed by atoms with van der Waals surface area (Å²) in [5, 5.41) is 14.8. The lowest BCUT2D eigenvalue weighted by molar-refractivity contribution is -0.384. The van der Waals surface area contributed by atoms with E-state index < -0.39 is 4.92 Å². The number of rotatable bonds is 6. The molecule has 0 amide bonds. The number of ether oxygens (including phenoxy) is 1. The van der Waals surface area contributed by atoms with Gasteiger partial charge in [-0.25, -0.2) is 9.78 Å². The molecule has 0 radical (unpaired) electrons. The number of nitro groups is 1. The minimum absolute atomic E-state index is 0.0594. The van der Waals surface area contributed by atoms with Crippen LogP contribution in [0.25, 0.3) is 16.3 Å². The summed E-state index contributed by atoms with van der Waals surface area (Å²) in [5.74, 6) is -0.361. The van der Waals surface area contributed by atoms with Crippen molar-refractivity contribution in [1.82, 2.24) is 4.98 Å². The molecular weight excluding hydrogens is 366 g/mol. The van der Waals surface area contributed by atoms with Crippen LogP contribution in [0.1, 0.15) is 22.8 Å². The van der Waals surface area contributed by atoms with Gasteiger partial charge in [0.25, 0.3) is 5.69 Å². The van der Waals surface area contributed by atoms with Gasteiger partial charge in [0.05, 0.1) is 27.8 Å². The number of nitrogens with zero attached hydrogens (tertiary/aromatic N) is 2. The lowest BCUT2D eigenvalue weighted by Crippen LogP contribution is -2.02. The van der Waals surface area contributed by atoms with Gasteiger partial charge in [-0.3, -0.25) is 10.1 Å². The highest BCUT2D eigenvalue weighted by atomic mass is 32.1. The molecule has 3 aromatic rings. The zero-order chi connectivity index (χ0) is 19.4. The second kappa shape index (κ2) is 7.96. The number of esters is 1. The van der Waals surface area contributed by atoms with Crippen molar-refractivity contribution in [2.45, 2.75) is 6.92 Å². The summed E-state index contributed by atoms with van der Waals surface area (Å²) < 4.78 is 5.45. The minimum Gasteiger partial charge on any atom is -0.465 e. The molecule has 138 valence electrons. The maximum absolute atomic E-state index is 11.4. The Labute approximate surface area is 159 Å². The summed E-state index contributed by atoms with van der Waals surface area (Å²) in [7, 11) is 1.35. The molecule has 0 unspecified atom stereocenters. The molecule has 27 heavy (non-hydrogen) atoms. The number of anilines is 1. The van der Waals surface area contributed by atoms with Crippen LogP contribution in [0.15, 0.2) is 48.0 Å². The average molecular weight is 383 g/mol. The average Bonchev–Trinajstić information content (AvgIpc) is 3.08. The number of methoxy groups -OCH3 is 1. The van der Waals surface area contributed by atoms with E-state index in [1.807, 2.05) is 25.1 Å². The fourth-order valence-electron chi connectivity index (χ4n) is 2.49. The van der Waals surface area contributed by atoms with Crippen LogP contribution in [0, 0.1) is 10.1 Å². The Hall–Kier alpha value is -3.26. The molecular formula is C19H17N3O4S. The quantitative estimate of drug-likeness (QED) is 0.382. The van der Waals surface area contributed by atoms with Crippen molar-refractivity contribution in [3.05, 3.63) is 69.3 Å². The van der Waals surface area contributed by atoms with E-state index in [0.717, 1.165) is 21.4 Å². The first kappa shape index (κ1) is 18.5. The summed E-state index contributed by atoms with van der Waals surface area (Å²) >= 11 is 1.38. The van der Waals surface area contributed by atoms with E-state index in [2.05, 4.69) is 15.0 Å². The van der Waals surface area contributed by atoms with Crippen molar-refractivity contribution in [1.29, 1.82) is 0 Å². The molecule has 0 aliphatic heterocycles. The van der Waals surface area contributed by atoms with Gasteiger partial charge in [-0.1, -0.05) is 35.1 Å². The molecule has 0 spiro atoms. The molecule has 7 nitrogen and oxygen atoms in total. The molecule has 0 saturated heterocycles. The summed E-state index contributed by atoms with van der Waals surface area (Å²) in [6.07, 6.45) is 2.01. The van der Waals surface area contributed by atoms with E-state index in [9.17, 15) is 14.9 Å². The lowest BCUT2D eigenvalue weighted by Gasteiger charge is -2.04. The van der Waals surface area contributed by atoms with E-state index >= 15 is 0 Å². The van der Waals surface area contributed by atoms with Crippen LogP contribution in [-0.2, 0) is 4.74 Å². The Balaban J connectivity index is 1.66. The summed E-state index contributed by atoms with van der Waals surface area (Å²) in [5.41, 5.74) is 3.35. The molecule has 1 heterocycles. The summed E-state index contributed by atoms with van der Waals surface area (Å²) in [6, 6.07) is 11.8. The van der Waals surface area contributed by atoms with E-state index in [-0.39, 0.29) is 11.7 Å². The number of nitrogens with one attached hydrogen (secondary N) is 1. The van der Waals surface area contributed by atoms with Gasteiger partial charge < -0.3 is 10.1 Å². The summed E-state index contributed by atoms with van der Waals surface area (Å²) in [6.45, 7) is 2.57. The molecule has 0 saturated carbocycles. The van der Waals surface area contributed by atoms with E-state index in [1.165, 1.54) is 30.6 Å². The predicted octanol–water partition coefficient (Wildman–Crippen LogP) is 4.51. The Kier molecular flexibility index (Phi) is 5.46. The molecule has 3 rings (SSSR count). The van der Waals surface area contributed by atoms with Gasteiger partial charge in [-0.05, 0) is 30.7 Å². The standard InChI is InChI=1S/C19H17N3O4S/c1-12(9-13-3-5-14(6-4-13)18(23)26-2)11-20-19-21-16-8-7-15(22(24)25)10-17(16)27-19/h3-10H,11H2,1-2H3,(H,20,21)/b12-9+. The highest BCUT2D eigenvalue weighted by molar-refractivity contribution is 7.22. The highest BCUT2D eigenvalue weighted by Gasteiger charge is 2.10. The van der Waals surface area contributed by atoms with Crippen molar-refractivity contribution in [2.75, 3.05) is 19.0 Å². The second-order valence-corrected chi connectivity index (χ2v) is 6.92. The number of thiazole rings is 1. The van der Waals surface area contributed by atoms with Gasteiger partial charge in [-0.15, -0.1) is 0 Å². The van der Waals surface area contributed by atoms with Crippen molar-refractivity contribution in [2.24, 2.45) is 0 Å². The van der Waals surface area contributed by atoms with Crippen molar-refractivity contribution < 1.29 is 14.5 Å². The first-order chi connectivity index (χ1) is 13.0. The number of carbonyl (C=O) groups is 1. The van der Waals surface area contributed by atoms with Gasteiger partial charge in [0.15, 0.2) is 5.13 Å². The Morgan fingerprint density at radius 3 is 2.70 bits per heavy atom. The van der Waals surface area contributed by atoms with Gasteiger partial charge in [-0.2, -0.15) is 0 Å². The van der Waals surface area contributed by atoms with Crippen LogP contribution in [-0.4, -0.2) is 29.5 Å². The largest absolute Gasteiger partial charge is 0.465 e. The van der Waals surface area contributed by atoms with Gasteiger partial charge in [0.2, 0.25) is 0 Å². The van der Waals surface area contributed by atoms with Crippen molar-refractivity contribution in [3.63, 3.8) is 0 Å². The molecule has 0 aliphatic rings. The molecule has 1 aromatic heterocycles. The van der Waals surface area contributed by atoms with E-state index in [0.29, 0.717) is 17.2 Å². The SMILES string of the molecule is COC(=O)c1ccc(/C=C(\C)CNc2nc3ccc([N+](=O)[O-])cc3s2)cc1. The zero-order valence-electron chi connectivity index (χ0n) is 14.8. The summed E-state index contributed by atoms with van der Waals surface area (Å²) in [4.78, 5) is 26.3. The van der Waals surface area contributed by atoms with Gasteiger partial charge >= 0.3 is 5.97 Å². The first-order valence-electron chi connectivity index (χ1n) is 8.10. The Bertz CT molecular complexity index is 1030. The van der Waals surface area contributed by atoms with Crippen LogP contribution in [0.5, 0.6) is 0 Å². The zero-order valence-corrected chi connectivity index (χ0v) is 15.6. The lowest BCUT2D eigenvalue weighted by atomic mass is 10.1. The number of hydrogen-bond acceptors (Lipinski definition) is 7. The van der Waals surface area contributed by atoms with Gasteiger partial charge in [0, 0.05) is 18.7 Å².